The van der Waals surface area contributed by atoms with Crippen LogP contribution in [0.15, 0.2) is 0 Å². The molecule has 4 heteroatoms. The Labute approximate surface area is 85.9 Å². The summed E-state index contributed by atoms with van der Waals surface area (Å²) in [6, 6.07) is 0.250. The maximum atomic E-state index is 5.62. The van der Waals surface area contributed by atoms with Gasteiger partial charge in [-0.2, -0.15) is 0 Å². The molecule has 1 heterocycles. The maximum Gasteiger partial charge on any atom is 0.0984 e. The van der Waals surface area contributed by atoms with Crippen molar-refractivity contribution in [3.8, 4) is 0 Å². The molecule has 0 saturated carbocycles. The zero-order chi connectivity index (χ0) is 10.2. The van der Waals surface area contributed by atoms with E-state index >= 15 is 0 Å². The molecule has 0 aromatic carbocycles. The lowest BCUT2D eigenvalue weighted by molar-refractivity contribution is -0.108. The summed E-state index contributed by atoms with van der Waals surface area (Å²) in [5.74, 6) is 0. The van der Waals surface area contributed by atoms with Crippen molar-refractivity contribution in [3.63, 3.8) is 0 Å². The summed E-state index contributed by atoms with van der Waals surface area (Å²) >= 11 is 0. The van der Waals surface area contributed by atoms with Crippen LogP contribution in [-0.4, -0.2) is 52.2 Å². The van der Waals surface area contributed by atoms with Crippen molar-refractivity contribution in [1.29, 1.82) is 0 Å². The van der Waals surface area contributed by atoms with Crippen LogP contribution in [-0.2, 0) is 14.2 Å². The Bertz CT molecular complexity index is 137. The van der Waals surface area contributed by atoms with Crippen LogP contribution in [0, 0.1) is 0 Å². The van der Waals surface area contributed by atoms with Crippen molar-refractivity contribution in [2.45, 2.75) is 25.5 Å². The summed E-state index contributed by atoms with van der Waals surface area (Å²) in [5, 5.41) is 3.41. The van der Waals surface area contributed by atoms with Crippen LogP contribution in [0.3, 0.4) is 0 Å². The Morgan fingerprint density at radius 1 is 1.50 bits per heavy atom. The topological polar surface area (TPSA) is 39.7 Å². The van der Waals surface area contributed by atoms with Gasteiger partial charge in [-0.1, -0.05) is 6.92 Å². The first-order chi connectivity index (χ1) is 6.88. The molecule has 0 aliphatic carbocycles. The largest absolute Gasteiger partial charge is 0.383 e. The molecule has 0 spiro atoms. The lowest BCUT2D eigenvalue weighted by Gasteiger charge is -2.30. The van der Waals surface area contributed by atoms with Gasteiger partial charge in [0.15, 0.2) is 0 Å². The molecule has 1 rings (SSSR count). The van der Waals surface area contributed by atoms with Crippen LogP contribution >= 0.6 is 0 Å². The molecule has 0 bridgehead atoms. The predicted octanol–water partition coefficient (Wildman–Crippen LogP) is 0.416. The van der Waals surface area contributed by atoms with Crippen LogP contribution in [0.2, 0.25) is 0 Å². The lowest BCUT2D eigenvalue weighted by atomic mass is 10.1. The van der Waals surface area contributed by atoms with Crippen LogP contribution < -0.4 is 5.32 Å². The summed E-state index contributed by atoms with van der Waals surface area (Å²) in [7, 11) is 1.71. The number of ether oxygens (including phenoxy) is 3. The highest BCUT2D eigenvalue weighted by atomic mass is 16.6. The zero-order valence-corrected chi connectivity index (χ0v) is 9.12. The summed E-state index contributed by atoms with van der Waals surface area (Å²) in [6.45, 7) is 5.89. The second kappa shape index (κ2) is 7.17. The molecule has 0 aromatic rings. The zero-order valence-electron chi connectivity index (χ0n) is 9.12. The minimum absolute atomic E-state index is 0.134. The van der Waals surface area contributed by atoms with Crippen molar-refractivity contribution in [3.05, 3.63) is 0 Å². The van der Waals surface area contributed by atoms with Gasteiger partial charge in [-0.15, -0.1) is 0 Å². The van der Waals surface area contributed by atoms with Crippen molar-refractivity contribution in [1.82, 2.24) is 5.32 Å². The van der Waals surface area contributed by atoms with Gasteiger partial charge in [0.25, 0.3) is 0 Å². The van der Waals surface area contributed by atoms with Gasteiger partial charge < -0.3 is 19.5 Å². The van der Waals surface area contributed by atoms with Crippen LogP contribution in [0.1, 0.15) is 13.3 Å². The number of methoxy groups -OCH3 is 1. The second-order valence-corrected chi connectivity index (χ2v) is 3.50. The molecule has 14 heavy (non-hydrogen) atoms. The van der Waals surface area contributed by atoms with E-state index < -0.39 is 0 Å². The molecular weight excluding hydrogens is 182 g/mol. The SMILES string of the molecule is CCCNC(COC)C1COCCO1. The van der Waals surface area contributed by atoms with Crippen molar-refractivity contribution < 1.29 is 14.2 Å². The first kappa shape index (κ1) is 11.9. The molecule has 4 nitrogen and oxygen atoms in total. The van der Waals surface area contributed by atoms with E-state index in [1.54, 1.807) is 7.11 Å². The summed E-state index contributed by atoms with van der Waals surface area (Å²) in [5.41, 5.74) is 0. The highest BCUT2D eigenvalue weighted by molar-refractivity contribution is 4.78. The summed E-state index contributed by atoms with van der Waals surface area (Å²) in [4.78, 5) is 0. The second-order valence-electron chi connectivity index (χ2n) is 3.50. The predicted molar refractivity (Wildman–Crippen MR) is 54.5 cm³/mol. The van der Waals surface area contributed by atoms with E-state index in [0.717, 1.165) is 13.0 Å². The number of hydrogen-bond acceptors (Lipinski definition) is 4. The fraction of sp³-hybridized carbons (Fsp3) is 1.00. The third-order valence-corrected chi connectivity index (χ3v) is 2.29. The van der Waals surface area contributed by atoms with Crippen molar-refractivity contribution >= 4 is 0 Å². The fourth-order valence-corrected chi connectivity index (χ4v) is 1.55. The quantitative estimate of drug-likeness (QED) is 0.679. The van der Waals surface area contributed by atoms with E-state index in [-0.39, 0.29) is 12.1 Å². The van der Waals surface area contributed by atoms with Crippen LogP contribution in [0.4, 0.5) is 0 Å². The summed E-state index contributed by atoms with van der Waals surface area (Å²) in [6.07, 6.45) is 1.25. The first-order valence-electron chi connectivity index (χ1n) is 5.30. The molecular formula is C10H21NO3. The van der Waals surface area contributed by atoms with Gasteiger partial charge >= 0.3 is 0 Å². The molecule has 0 amide bonds. The van der Waals surface area contributed by atoms with Gasteiger partial charge in [0.05, 0.1) is 38.6 Å². The van der Waals surface area contributed by atoms with Gasteiger partial charge in [-0.05, 0) is 13.0 Å². The molecule has 1 aliphatic rings. The smallest absolute Gasteiger partial charge is 0.0984 e. The highest BCUT2D eigenvalue weighted by Crippen LogP contribution is 2.06. The Kier molecular flexibility index (Phi) is 6.10. The molecule has 1 saturated heterocycles. The standard InChI is InChI=1S/C10H21NO3/c1-3-4-11-9(7-12-2)10-8-13-5-6-14-10/h9-11H,3-8H2,1-2H3. The molecule has 84 valence electrons. The van der Waals surface area contributed by atoms with Gasteiger partial charge in [0.1, 0.15) is 0 Å². The molecule has 0 radical (unpaired) electrons. The normalized spacial score (nSPS) is 24.9. The Morgan fingerprint density at radius 3 is 2.93 bits per heavy atom. The van der Waals surface area contributed by atoms with Gasteiger partial charge in [-0.25, -0.2) is 0 Å². The number of nitrogens with one attached hydrogen (secondary N) is 1. The van der Waals surface area contributed by atoms with E-state index in [0.29, 0.717) is 26.4 Å². The van der Waals surface area contributed by atoms with E-state index in [1.165, 1.54) is 0 Å². The van der Waals surface area contributed by atoms with Gasteiger partial charge in [0.2, 0.25) is 0 Å². The Balaban J connectivity index is 2.30. The maximum absolute atomic E-state index is 5.62. The lowest BCUT2D eigenvalue weighted by Crippen LogP contribution is -2.49. The van der Waals surface area contributed by atoms with Crippen LogP contribution in [0.5, 0.6) is 0 Å². The number of rotatable bonds is 6. The van der Waals surface area contributed by atoms with E-state index in [1.807, 2.05) is 0 Å². The Morgan fingerprint density at radius 2 is 2.36 bits per heavy atom. The molecule has 0 aromatic heterocycles. The third kappa shape index (κ3) is 3.92. The van der Waals surface area contributed by atoms with E-state index in [2.05, 4.69) is 12.2 Å². The molecule has 1 N–H and O–H groups in total. The minimum Gasteiger partial charge on any atom is -0.383 e. The molecule has 1 fully saturated rings. The summed E-state index contributed by atoms with van der Waals surface area (Å²) < 4.78 is 16.1. The van der Waals surface area contributed by atoms with E-state index in [4.69, 9.17) is 14.2 Å². The average molecular weight is 203 g/mol. The Hall–Kier alpha value is -0.160. The third-order valence-electron chi connectivity index (χ3n) is 2.29. The van der Waals surface area contributed by atoms with Gasteiger partial charge in [0, 0.05) is 7.11 Å². The van der Waals surface area contributed by atoms with Crippen LogP contribution in [0.25, 0.3) is 0 Å². The highest BCUT2D eigenvalue weighted by Gasteiger charge is 2.24. The van der Waals surface area contributed by atoms with Gasteiger partial charge in [-0.3, -0.25) is 0 Å². The minimum atomic E-state index is 0.134. The molecule has 1 aliphatic heterocycles. The fourth-order valence-electron chi connectivity index (χ4n) is 1.55. The molecule has 2 atom stereocenters. The molecule has 2 unspecified atom stereocenters. The van der Waals surface area contributed by atoms with Crippen molar-refractivity contribution in [2.24, 2.45) is 0 Å². The monoisotopic (exact) mass is 203 g/mol. The first-order valence-corrected chi connectivity index (χ1v) is 5.30. The van der Waals surface area contributed by atoms with E-state index in [9.17, 15) is 0 Å². The number of hydrogen-bond donors (Lipinski definition) is 1. The average Bonchev–Trinajstić information content (AvgIpc) is 2.25. The van der Waals surface area contributed by atoms with Crippen molar-refractivity contribution in [2.75, 3.05) is 40.1 Å².